The van der Waals surface area contributed by atoms with Crippen LogP contribution in [-0.2, 0) is 16.0 Å². The van der Waals surface area contributed by atoms with Crippen LogP contribution in [-0.4, -0.2) is 33.6 Å². The molecule has 0 radical (unpaired) electrons. The fourth-order valence-corrected chi connectivity index (χ4v) is 2.83. The summed E-state index contributed by atoms with van der Waals surface area (Å²) in [6, 6.07) is 17.4. The van der Waals surface area contributed by atoms with E-state index in [1.165, 1.54) is 12.5 Å². The van der Waals surface area contributed by atoms with Crippen molar-refractivity contribution in [3.63, 3.8) is 0 Å². The minimum absolute atomic E-state index is 0.224. The van der Waals surface area contributed by atoms with E-state index in [4.69, 9.17) is 9.47 Å². The Kier molecular flexibility index (Phi) is 7.38. The number of para-hydroxylation sites is 1. The average Bonchev–Trinajstić information content (AvgIpc) is 2.74. The molecule has 1 atom stereocenters. The summed E-state index contributed by atoms with van der Waals surface area (Å²) in [6.45, 7) is 5.27. The van der Waals surface area contributed by atoms with E-state index < -0.39 is 23.6 Å². The fourth-order valence-electron chi connectivity index (χ4n) is 2.83. The highest BCUT2D eigenvalue weighted by atomic mass is 16.6. The van der Waals surface area contributed by atoms with Crippen LogP contribution in [0.1, 0.15) is 26.3 Å². The molecular formula is C24H26N4O4. The molecule has 0 spiro atoms. The maximum absolute atomic E-state index is 12.9. The third-order valence-electron chi connectivity index (χ3n) is 4.16. The Labute approximate surface area is 187 Å². The van der Waals surface area contributed by atoms with Crippen LogP contribution in [0.3, 0.4) is 0 Å². The first kappa shape index (κ1) is 22.7. The molecule has 1 unspecified atom stereocenters. The van der Waals surface area contributed by atoms with E-state index in [2.05, 4.69) is 20.6 Å². The molecule has 166 valence electrons. The number of carbonyl (C=O) groups excluding carboxylic acids is 2. The summed E-state index contributed by atoms with van der Waals surface area (Å²) in [7, 11) is 0. The number of hydrogen-bond donors (Lipinski definition) is 2. The lowest BCUT2D eigenvalue weighted by Crippen LogP contribution is -2.47. The van der Waals surface area contributed by atoms with Crippen molar-refractivity contribution in [3.05, 3.63) is 78.8 Å². The van der Waals surface area contributed by atoms with Crippen LogP contribution >= 0.6 is 0 Å². The maximum atomic E-state index is 12.9. The monoisotopic (exact) mass is 434 g/mol. The Morgan fingerprint density at radius 1 is 1.00 bits per heavy atom. The first-order valence-electron chi connectivity index (χ1n) is 10.2. The van der Waals surface area contributed by atoms with E-state index in [0.29, 0.717) is 17.3 Å². The van der Waals surface area contributed by atoms with Gasteiger partial charge in [0.05, 0.1) is 0 Å². The van der Waals surface area contributed by atoms with Crippen molar-refractivity contribution in [3.8, 4) is 11.5 Å². The Balaban J connectivity index is 1.76. The molecule has 1 heterocycles. The largest absolute Gasteiger partial charge is 0.457 e. The van der Waals surface area contributed by atoms with Crippen LogP contribution in [0.4, 0.5) is 10.6 Å². The highest BCUT2D eigenvalue weighted by Gasteiger charge is 2.25. The maximum Gasteiger partial charge on any atom is 0.408 e. The topological polar surface area (TPSA) is 102 Å². The molecule has 0 fully saturated rings. The summed E-state index contributed by atoms with van der Waals surface area (Å²) < 4.78 is 11.2. The van der Waals surface area contributed by atoms with E-state index >= 15 is 0 Å². The zero-order valence-electron chi connectivity index (χ0n) is 18.2. The van der Waals surface area contributed by atoms with Gasteiger partial charge in [0.15, 0.2) is 0 Å². The standard InChI is InChI=1S/C24H26N4O4/c1-24(2,3)32-23(30)27-20(22(29)28-21-12-13-25-16-26-21)15-17-8-7-11-19(14-17)31-18-9-5-4-6-10-18/h4-14,16,20H,15H2,1-3H3,(H,27,30)(H,25,26,28,29). The lowest BCUT2D eigenvalue weighted by atomic mass is 10.0. The first-order chi connectivity index (χ1) is 15.3. The Morgan fingerprint density at radius 3 is 2.44 bits per heavy atom. The van der Waals surface area contributed by atoms with Crippen molar-refractivity contribution in [1.82, 2.24) is 15.3 Å². The van der Waals surface area contributed by atoms with E-state index in [-0.39, 0.29) is 6.42 Å². The van der Waals surface area contributed by atoms with Gasteiger partial charge < -0.3 is 20.1 Å². The van der Waals surface area contributed by atoms with E-state index in [1.807, 2.05) is 54.6 Å². The van der Waals surface area contributed by atoms with Crippen LogP contribution in [0.2, 0.25) is 0 Å². The molecule has 2 N–H and O–H groups in total. The Bertz CT molecular complexity index is 1040. The predicted molar refractivity (Wildman–Crippen MR) is 120 cm³/mol. The number of rotatable bonds is 7. The van der Waals surface area contributed by atoms with Gasteiger partial charge >= 0.3 is 6.09 Å². The molecule has 8 heteroatoms. The number of anilines is 1. The lowest BCUT2D eigenvalue weighted by molar-refractivity contribution is -0.118. The van der Waals surface area contributed by atoms with Crippen molar-refractivity contribution in [1.29, 1.82) is 0 Å². The second kappa shape index (κ2) is 10.4. The van der Waals surface area contributed by atoms with Crippen molar-refractivity contribution < 1.29 is 19.1 Å². The average molecular weight is 434 g/mol. The van der Waals surface area contributed by atoms with Crippen molar-refractivity contribution in [2.45, 2.75) is 38.8 Å². The normalized spacial score (nSPS) is 11.8. The second-order valence-corrected chi connectivity index (χ2v) is 8.05. The number of ether oxygens (including phenoxy) is 2. The second-order valence-electron chi connectivity index (χ2n) is 8.05. The zero-order chi connectivity index (χ0) is 23.0. The van der Waals surface area contributed by atoms with Crippen LogP contribution in [0.25, 0.3) is 0 Å². The third kappa shape index (κ3) is 7.39. The third-order valence-corrected chi connectivity index (χ3v) is 4.16. The first-order valence-corrected chi connectivity index (χ1v) is 10.2. The van der Waals surface area contributed by atoms with Crippen LogP contribution in [0, 0.1) is 0 Å². The molecule has 1 aromatic heterocycles. The molecule has 0 aliphatic rings. The van der Waals surface area contributed by atoms with Gasteiger partial charge in [-0.1, -0.05) is 30.3 Å². The minimum atomic E-state index is -0.896. The minimum Gasteiger partial charge on any atom is -0.457 e. The molecule has 0 aliphatic carbocycles. The number of benzene rings is 2. The van der Waals surface area contributed by atoms with Gasteiger partial charge in [-0.15, -0.1) is 0 Å². The zero-order valence-corrected chi connectivity index (χ0v) is 18.2. The molecule has 0 saturated heterocycles. The molecule has 0 aliphatic heterocycles. The fraction of sp³-hybridized carbons (Fsp3) is 0.250. The molecule has 3 aromatic rings. The van der Waals surface area contributed by atoms with Crippen molar-refractivity contribution in [2.24, 2.45) is 0 Å². The summed E-state index contributed by atoms with van der Waals surface area (Å²) in [5.74, 6) is 1.24. The number of nitrogens with zero attached hydrogens (tertiary/aromatic N) is 2. The van der Waals surface area contributed by atoms with Gasteiger partial charge in [-0.25, -0.2) is 14.8 Å². The number of alkyl carbamates (subject to hydrolysis) is 1. The quantitative estimate of drug-likeness (QED) is 0.573. The van der Waals surface area contributed by atoms with Gasteiger partial charge in [-0.3, -0.25) is 4.79 Å². The van der Waals surface area contributed by atoms with Gasteiger partial charge in [0.1, 0.15) is 35.3 Å². The molecule has 0 bridgehead atoms. The summed E-state index contributed by atoms with van der Waals surface area (Å²) in [4.78, 5) is 33.1. The van der Waals surface area contributed by atoms with E-state index in [0.717, 1.165) is 5.56 Å². The lowest BCUT2D eigenvalue weighted by Gasteiger charge is -2.23. The number of hydrogen-bond acceptors (Lipinski definition) is 6. The smallest absolute Gasteiger partial charge is 0.408 e. The summed E-state index contributed by atoms with van der Waals surface area (Å²) in [5, 5.41) is 5.35. The van der Waals surface area contributed by atoms with Gasteiger partial charge in [-0.2, -0.15) is 0 Å². The van der Waals surface area contributed by atoms with Gasteiger partial charge in [0, 0.05) is 12.6 Å². The molecule has 3 rings (SSSR count). The molecule has 2 amide bonds. The van der Waals surface area contributed by atoms with Gasteiger partial charge in [0.2, 0.25) is 5.91 Å². The number of carbonyl (C=O) groups is 2. The molecule has 32 heavy (non-hydrogen) atoms. The molecule has 0 saturated carbocycles. The Morgan fingerprint density at radius 2 is 1.75 bits per heavy atom. The SMILES string of the molecule is CC(C)(C)OC(=O)NC(Cc1cccc(Oc2ccccc2)c1)C(=O)Nc1ccncn1. The molecule has 2 aromatic carbocycles. The van der Waals surface area contributed by atoms with Crippen LogP contribution in [0.15, 0.2) is 73.2 Å². The van der Waals surface area contributed by atoms with E-state index in [9.17, 15) is 9.59 Å². The van der Waals surface area contributed by atoms with Crippen LogP contribution < -0.4 is 15.4 Å². The summed E-state index contributed by atoms with van der Waals surface area (Å²) in [5.41, 5.74) is 0.110. The summed E-state index contributed by atoms with van der Waals surface area (Å²) in [6.07, 6.45) is 2.39. The van der Waals surface area contributed by atoms with E-state index in [1.54, 1.807) is 26.8 Å². The highest BCUT2D eigenvalue weighted by molar-refractivity contribution is 5.96. The van der Waals surface area contributed by atoms with Gasteiger partial charge in [-0.05, 0) is 56.7 Å². The Hall–Kier alpha value is -3.94. The highest BCUT2D eigenvalue weighted by Crippen LogP contribution is 2.22. The van der Waals surface area contributed by atoms with Gasteiger partial charge in [0.25, 0.3) is 0 Å². The molecule has 8 nitrogen and oxygen atoms in total. The predicted octanol–water partition coefficient (Wildman–Crippen LogP) is 4.34. The van der Waals surface area contributed by atoms with Crippen molar-refractivity contribution >= 4 is 17.8 Å². The van der Waals surface area contributed by atoms with Crippen molar-refractivity contribution in [2.75, 3.05) is 5.32 Å². The summed E-state index contributed by atoms with van der Waals surface area (Å²) >= 11 is 0. The number of aromatic nitrogens is 2. The number of amides is 2. The van der Waals surface area contributed by atoms with Crippen LogP contribution in [0.5, 0.6) is 11.5 Å². The number of nitrogens with one attached hydrogen (secondary N) is 2. The molecular weight excluding hydrogens is 408 g/mol.